The van der Waals surface area contributed by atoms with Gasteiger partial charge in [0.25, 0.3) is 5.91 Å². The van der Waals surface area contributed by atoms with Crippen LogP contribution in [-0.2, 0) is 16.4 Å². The van der Waals surface area contributed by atoms with Crippen molar-refractivity contribution >= 4 is 27.5 Å². The van der Waals surface area contributed by atoms with E-state index in [1.807, 2.05) is 11.6 Å². The first kappa shape index (κ1) is 17.4. The lowest BCUT2D eigenvalue weighted by Gasteiger charge is -2.11. The molecule has 4 nitrogen and oxygen atoms in total. The number of aryl methyl sites for hydroxylation is 1. The maximum Gasteiger partial charge on any atom is 0.264 e. The third kappa shape index (κ3) is 4.09. The number of amides is 1. The lowest BCUT2D eigenvalue weighted by molar-refractivity contribution is 0.0981. The summed E-state index contributed by atoms with van der Waals surface area (Å²) in [6.07, 6.45) is 1.40. The van der Waals surface area contributed by atoms with Gasteiger partial charge < -0.3 is 0 Å². The van der Waals surface area contributed by atoms with E-state index in [1.54, 1.807) is 18.2 Å². The highest BCUT2D eigenvalue weighted by atomic mass is 35.5. The van der Waals surface area contributed by atoms with Gasteiger partial charge in [-0.3, -0.25) is 4.79 Å². The highest BCUT2D eigenvalue weighted by Crippen LogP contribution is 2.32. The van der Waals surface area contributed by atoms with E-state index >= 15 is 0 Å². The molecule has 0 heterocycles. The second kappa shape index (κ2) is 6.68. The summed E-state index contributed by atoms with van der Waals surface area (Å²) in [6.45, 7) is 1.83. The fraction of sp³-hybridized carbons (Fsp3) is 0.188. The minimum absolute atomic E-state index is 0.0797. The molecule has 0 aliphatic heterocycles. The lowest BCUT2D eigenvalue weighted by Crippen LogP contribution is -2.29. The summed E-state index contributed by atoms with van der Waals surface area (Å²) in [4.78, 5) is 11.9. The summed E-state index contributed by atoms with van der Waals surface area (Å²) in [7, 11) is -3.68. The van der Waals surface area contributed by atoms with Crippen molar-refractivity contribution in [1.29, 1.82) is 0 Å². The number of benzene rings is 2. The molecular weight excluding hydrogens is 341 g/mol. The largest absolute Gasteiger partial charge is 0.268 e. The van der Waals surface area contributed by atoms with Crippen LogP contribution in [-0.4, -0.2) is 20.6 Å². The molecule has 0 aliphatic rings. The number of carbonyl (C=O) groups is 1. The van der Waals surface area contributed by atoms with Crippen molar-refractivity contribution in [2.75, 3.05) is 6.26 Å². The molecular formula is C16H15ClFNO3S. The van der Waals surface area contributed by atoms with Crippen LogP contribution in [0.3, 0.4) is 0 Å². The van der Waals surface area contributed by atoms with Gasteiger partial charge in [0.15, 0.2) is 0 Å². The zero-order chi connectivity index (χ0) is 17.2. The summed E-state index contributed by atoms with van der Waals surface area (Å²) >= 11 is 6.12. The third-order valence-corrected chi connectivity index (χ3v) is 4.14. The Balaban J connectivity index is 2.53. The highest BCUT2D eigenvalue weighted by Gasteiger charge is 2.16. The Kier molecular flexibility index (Phi) is 5.06. The van der Waals surface area contributed by atoms with E-state index in [-0.39, 0.29) is 16.1 Å². The Morgan fingerprint density at radius 1 is 1.22 bits per heavy atom. The van der Waals surface area contributed by atoms with Gasteiger partial charge in [0.05, 0.1) is 6.26 Å². The van der Waals surface area contributed by atoms with Crippen LogP contribution >= 0.6 is 11.6 Å². The van der Waals surface area contributed by atoms with Crippen molar-refractivity contribution in [2.24, 2.45) is 0 Å². The predicted molar refractivity (Wildman–Crippen MR) is 88.5 cm³/mol. The minimum Gasteiger partial charge on any atom is -0.268 e. The number of sulfonamides is 1. The van der Waals surface area contributed by atoms with Crippen molar-refractivity contribution in [1.82, 2.24) is 4.72 Å². The number of rotatable bonds is 4. The maximum absolute atomic E-state index is 14.5. The SMILES string of the molecule is CCc1cccc(-c2cc(C(=O)NS(C)(=O)=O)ccc2Cl)c1F. The molecule has 23 heavy (non-hydrogen) atoms. The van der Waals surface area contributed by atoms with Crippen molar-refractivity contribution in [2.45, 2.75) is 13.3 Å². The van der Waals surface area contributed by atoms with E-state index in [4.69, 9.17) is 11.6 Å². The Labute approximate surface area is 139 Å². The van der Waals surface area contributed by atoms with Crippen LogP contribution in [0, 0.1) is 5.82 Å². The highest BCUT2D eigenvalue weighted by molar-refractivity contribution is 7.89. The molecule has 0 spiro atoms. The first-order chi connectivity index (χ1) is 10.7. The molecule has 0 aromatic heterocycles. The molecule has 0 saturated heterocycles. The quantitative estimate of drug-likeness (QED) is 0.914. The van der Waals surface area contributed by atoms with Crippen LogP contribution < -0.4 is 4.72 Å². The Morgan fingerprint density at radius 2 is 1.91 bits per heavy atom. The molecule has 1 amide bonds. The van der Waals surface area contributed by atoms with Gasteiger partial charge in [0.1, 0.15) is 5.82 Å². The number of hydrogen-bond acceptors (Lipinski definition) is 3. The van der Waals surface area contributed by atoms with Gasteiger partial charge in [-0.2, -0.15) is 0 Å². The molecule has 122 valence electrons. The van der Waals surface area contributed by atoms with Crippen molar-refractivity contribution < 1.29 is 17.6 Å². The zero-order valence-corrected chi connectivity index (χ0v) is 14.1. The van der Waals surface area contributed by atoms with Gasteiger partial charge in [-0.1, -0.05) is 36.7 Å². The number of hydrogen-bond donors (Lipinski definition) is 1. The molecule has 0 aliphatic carbocycles. The first-order valence-electron chi connectivity index (χ1n) is 6.82. The summed E-state index contributed by atoms with van der Waals surface area (Å²) in [5, 5.41) is 0.271. The first-order valence-corrected chi connectivity index (χ1v) is 9.09. The van der Waals surface area contributed by atoms with E-state index in [0.29, 0.717) is 17.5 Å². The fourth-order valence-electron chi connectivity index (χ4n) is 2.16. The Bertz CT molecular complexity index is 866. The van der Waals surface area contributed by atoms with Crippen molar-refractivity contribution in [3.8, 4) is 11.1 Å². The monoisotopic (exact) mass is 355 g/mol. The molecule has 0 atom stereocenters. The molecule has 1 N–H and O–H groups in total. The minimum atomic E-state index is -3.68. The van der Waals surface area contributed by atoms with Crippen LogP contribution in [0.4, 0.5) is 4.39 Å². The van der Waals surface area contributed by atoms with Gasteiger partial charge in [-0.05, 0) is 30.2 Å². The van der Waals surface area contributed by atoms with E-state index < -0.39 is 21.7 Å². The number of halogens is 2. The number of carbonyl (C=O) groups excluding carboxylic acids is 1. The molecule has 2 rings (SSSR count). The molecule has 2 aromatic rings. The average molecular weight is 356 g/mol. The maximum atomic E-state index is 14.5. The molecule has 0 radical (unpaired) electrons. The van der Waals surface area contributed by atoms with Crippen LogP contribution in [0.1, 0.15) is 22.8 Å². The molecule has 2 aromatic carbocycles. The molecule has 0 unspecified atom stereocenters. The Hall–Kier alpha value is -1.92. The smallest absolute Gasteiger partial charge is 0.264 e. The van der Waals surface area contributed by atoms with Gasteiger partial charge in [-0.15, -0.1) is 0 Å². The normalized spacial score (nSPS) is 11.3. The van der Waals surface area contributed by atoms with Crippen LogP contribution in [0.2, 0.25) is 5.02 Å². The van der Waals surface area contributed by atoms with E-state index in [0.717, 1.165) is 6.26 Å². The number of nitrogens with one attached hydrogen (secondary N) is 1. The average Bonchev–Trinajstić information content (AvgIpc) is 2.46. The molecule has 0 fully saturated rings. The van der Waals surface area contributed by atoms with Crippen LogP contribution in [0.15, 0.2) is 36.4 Å². The second-order valence-corrected chi connectivity index (χ2v) is 7.19. The van der Waals surface area contributed by atoms with Gasteiger partial charge in [0.2, 0.25) is 10.0 Å². The lowest BCUT2D eigenvalue weighted by atomic mass is 9.99. The zero-order valence-electron chi connectivity index (χ0n) is 12.6. The van der Waals surface area contributed by atoms with Crippen LogP contribution in [0.5, 0.6) is 0 Å². The molecule has 0 saturated carbocycles. The van der Waals surface area contributed by atoms with Gasteiger partial charge >= 0.3 is 0 Å². The fourth-order valence-corrected chi connectivity index (χ4v) is 2.84. The predicted octanol–water partition coefficient (Wildman–Crippen LogP) is 3.40. The van der Waals surface area contributed by atoms with E-state index in [9.17, 15) is 17.6 Å². The van der Waals surface area contributed by atoms with Crippen molar-refractivity contribution in [3.05, 3.63) is 58.4 Å². The van der Waals surface area contributed by atoms with Gasteiger partial charge in [0, 0.05) is 21.7 Å². The summed E-state index contributed by atoms with van der Waals surface area (Å²) in [5.41, 5.74) is 1.21. The topological polar surface area (TPSA) is 63.2 Å². The van der Waals surface area contributed by atoms with Crippen LogP contribution in [0.25, 0.3) is 11.1 Å². The molecule has 0 bridgehead atoms. The Morgan fingerprint density at radius 3 is 2.52 bits per heavy atom. The molecule has 7 heteroatoms. The van der Waals surface area contributed by atoms with E-state index in [2.05, 4.69) is 0 Å². The second-order valence-electron chi connectivity index (χ2n) is 5.03. The summed E-state index contributed by atoms with van der Waals surface area (Å²) in [6, 6.07) is 9.14. The van der Waals surface area contributed by atoms with Gasteiger partial charge in [-0.25, -0.2) is 17.5 Å². The van der Waals surface area contributed by atoms with E-state index in [1.165, 1.54) is 18.2 Å². The summed E-state index contributed by atoms with van der Waals surface area (Å²) < 4.78 is 38.7. The summed E-state index contributed by atoms with van der Waals surface area (Å²) in [5.74, 6) is -1.20. The standard InChI is InChI=1S/C16H15ClFNO3S/c1-3-10-5-4-6-12(15(10)18)13-9-11(7-8-14(13)17)16(20)19-23(2,21)22/h4-9H,3H2,1-2H3,(H,19,20). The third-order valence-electron chi connectivity index (χ3n) is 3.26. The van der Waals surface area contributed by atoms with Crippen molar-refractivity contribution in [3.63, 3.8) is 0 Å².